The molecule has 1 rings (SSSR count). The molecule has 4 heteroatoms. The molecule has 0 bridgehead atoms. The number of rotatable bonds is 4. The van der Waals surface area contributed by atoms with Crippen LogP contribution in [0, 0.1) is 0 Å². The second kappa shape index (κ2) is 4.68. The SMILES string of the molecule is CCN(CC)c1cc(C(=O)O)ccc1N. The van der Waals surface area contributed by atoms with Gasteiger partial charge in [-0.1, -0.05) is 0 Å². The molecular weight excluding hydrogens is 192 g/mol. The lowest BCUT2D eigenvalue weighted by molar-refractivity contribution is 0.0697. The third-order valence-corrected chi connectivity index (χ3v) is 2.38. The normalized spacial score (nSPS) is 10.0. The Morgan fingerprint density at radius 2 is 2.00 bits per heavy atom. The first-order chi connectivity index (χ1) is 7.10. The fourth-order valence-electron chi connectivity index (χ4n) is 1.51. The number of carbonyl (C=O) groups is 1. The number of anilines is 2. The van der Waals surface area contributed by atoms with E-state index in [1.807, 2.05) is 18.7 Å². The summed E-state index contributed by atoms with van der Waals surface area (Å²) in [6.07, 6.45) is 0. The van der Waals surface area contributed by atoms with Crippen LogP contribution in [0.5, 0.6) is 0 Å². The van der Waals surface area contributed by atoms with E-state index in [-0.39, 0.29) is 5.56 Å². The molecule has 0 heterocycles. The number of carboxylic acid groups (broad SMARTS) is 1. The van der Waals surface area contributed by atoms with Crippen LogP contribution in [0.4, 0.5) is 11.4 Å². The molecule has 0 atom stereocenters. The lowest BCUT2D eigenvalue weighted by atomic mass is 10.1. The van der Waals surface area contributed by atoms with Crippen molar-refractivity contribution in [2.45, 2.75) is 13.8 Å². The monoisotopic (exact) mass is 208 g/mol. The second-order valence-electron chi connectivity index (χ2n) is 3.25. The van der Waals surface area contributed by atoms with Gasteiger partial charge in [-0.05, 0) is 32.0 Å². The number of aromatic carboxylic acids is 1. The minimum absolute atomic E-state index is 0.270. The predicted octanol–water partition coefficient (Wildman–Crippen LogP) is 1.81. The number of carboxylic acids is 1. The highest BCUT2D eigenvalue weighted by Crippen LogP contribution is 2.24. The van der Waals surface area contributed by atoms with Gasteiger partial charge in [0.2, 0.25) is 0 Å². The molecular formula is C11H16N2O2. The molecule has 3 N–H and O–H groups in total. The van der Waals surface area contributed by atoms with Crippen molar-refractivity contribution in [3.63, 3.8) is 0 Å². The van der Waals surface area contributed by atoms with Crippen molar-refractivity contribution in [2.75, 3.05) is 23.7 Å². The maximum Gasteiger partial charge on any atom is 0.335 e. The van der Waals surface area contributed by atoms with Crippen LogP contribution in [-0.2, 0) is 0 Å². The average molecular weight is 208 g/mol. The van der Waals surface area contributed by atoms with Crippen LogP contribution < -0.4 is 10.6 Å². The van der Waals surface area contributed by atoms with Crippen LogP contribution in [0.3, 0.4) is 0 Å². The van der Waals surface area contributed by atoms with E-state index in [0.717, 1.165) is 18.8 Å². The highest BCUT2D eigenvalue weighted by Gasteiger charge is 2.10. The summed E-state index contributed by atoms with van der Waals surface area (Å²) in [5, 5.41) is 8.87. The molecule has 0 saturated heterocycles. The second-order valence-corrected chi connectivity index (χ2v) is 3.25. The number of nitrogens with zero attached hydrogens (tertiary/aromatic N) is 1. The Morgan fingerprint density at radius 1 is 1.40 bits per heavy atom. The van der Waals surface area contributed by atoms with Gasteiger partial charge in [0.15, 0.2) is 0 Å². The third-order valence-electron chi connectivity index (χ3n) is 2.38. The van der Waals surface area contributed by atoms with Crippen molar-refractivity contribution < 1.29 is 9.90 Å². The molecule has 1 aromatic rings. The Hall–Kier alpha value is -1.71. The van der Waals surface area contributed by atoms with Crippen molar-refractivity contribution in [1.82, 2.24) is 0 Å². The summed E-state index contributed by atoms with van der Waals surface area (Å²) in [6, 6.07) is 4.77. The molecule has 0 aromatic heterocycles. The van der Waals surface area contributed by atoms with Crippen LogP contribution in [0.25, 0.3) is 0 Å². The molecule has 0 saturated carbocycles. The Kier molecular flexibility index (Phi) is 3.55. The highest BCUT2D eigenvalue weighted by atomic mass is 16.4. The maximum atomic E-state index is 10.8. The van der Waals surface area contributed by atoms with Gasteiger partial charge in [-0.2, -0.15) is 0 Å². The van der Waals surface area contributed by atoms with Crippen molar-refractivity contribution in [1.29, 1.82) is 0 Å². The molecule has 1 aromatic carbocycles. The topological polar surface area (TPSA) is 66.6 Å². The molecule has 0 aliphatic carbocycles. The van der Waals surface area contributed by atoms with Gasteiger partial charge in [0.1, 0.15) is 0 Å². The van der Waals surface area contributed by atoms with E-state index in [1.54, 1.807) is 12.1 Å². The van der Waals surface area contributed by atoms with E-state index in [4.69, 9.17) is 10.8 Å². The Bertz CT molecular complexity index is 360. The first kappa shape index (κ1) is 11.4. The smallest absolute Gasteiger partial charge is 0.335 e. The standard InChI is InChI=1S/C11H16N2O2/c1-3-13(4-2)10-7-8(11(14)15)5-6-9(10)12/h5-7H,3-4,12H2,1-2H3,(H,14,15). The van der Waals surface area contributed by atoms with Gasteiger partial charge < -0.3 is 15.7 Å². The number of nitrogens with two attached hydrogens (primary N) is 1. The summed E-state index contributed by atoms with van der Waals surface area (Å²) in [7, 11) is 0. The highest BCUT2D eigenvalue weighted by molar-refractivity contribution is 5.90. The largest absolute Gasteiger partial charge is 0.478 e. The van der Waals surface area contributed by atoms with E-state index in [2.05, 4.69) is 0 Å². The Labute approximate surface area is 89.3 Å². The average Bonchev–Trinajstić information content (AvgIpc) is 2.22. The molecule has 82 valence electrons. The van der Waals surface area contributed by atoms with Crippen LogP contribution >= 0.6 is 0 Å². The summed E-state index contributed by atoms with van der Waals surface area (Å²) in [4.78, 5) is 12.8. The van der Waals surface area contributed by atoms with Crippen molar-refractivity contribution in [2.24, 2.45) is 0 Å². The van der Waals surface area contributed by atoms with Gasteiger partial charge >= 0.3 is 5.97 Å². The predicted molar refractivity (Wildman–Crippen MR) is 61.4 cm³/mol. The van der Waals surface area contributed by atoms with E-state index in [0.29, 0.717) is 5.69 Å². The van der Waals surface area contributed by atoms with Crippen LogP contribution in [0.15, 0.2) is 18.2 Å². The van der Waals surface area contributed by atoms with Gasteiger partial charge in [-0.25, -0.2) is 4.79 Å². The maximum absolute atomic E-state index is 10.8. The summed E-state index contributed by atoms with van der Waals surface area (Å²) in [5.41, 5.74) is 7.48. The number of nitrogen functional groups attached to an aromatic ring is 1. The molecule has 0 unspecified atom stereocenters. The van der Waals surface area contributed by atoms with E-state index < -0.39 is 5.97 Å². The zero-order valence-electron chi connectivity index (χ0n) is 9.03. The lowest BCUT2D eigenvalue weighted by Gasteiger charge is -2.23. The Balaban J connectivity index is 3.15. The fourth-order valence-corrected chi connectivity index (χ4v) is 1.51. The molecule has 0 amide bonds. The molecule has 15 heavy (non-hydrogen) atoms. The quantitative estimate of drug-likeness (QED) is 0.740. The zero-order valence-corrected chi connectivity index (χ0v) is 9.03. The summed E-state index contributed by atoms with van der Waals surface area (Å²) in [6.45, 7) is 5.64. The van der Waals surface area contributed by atoms with Crippen LogP contribution in [0.1, 0.15) is 24.2 Å². The van der Waals surface area contributed by atoms with E-state index in [9.17, 15) is 4.79 Å². The minimum Gasteiger partial charge on any atom is -0.478 e. The first-order valence-corrected chi connectivity index (χ1v) is 4.97. The molecule has 0 aliphatic heterocycles. The van der Waals surface area contributed by atoms with Crippen LogP contribution in [-0.4, -0.2) is 24.2 Å². The summed E-state index contributed by atoms with van der Waals surface area (Å²) in [5.74, 6) is -0.927. The van der Waals surface area contributed by atoms with Crippen LogP contribution in [0.2, 0.25) is 0 Å². The van der Waals surface area contributed by atoms with Gasteiger partial charge in [-0.3, -0.25) is 0 Å². The molecule has 0 spiro atoms. The molecule has 0 aliphatic rings. The van der Waals surface area contributed by atoms with Gasteiger partial charge in [0.25, 0.3) is 0 Å². The Morgan fingerprint density at radius 3 is 2.47 bits per heavy atom. The number of benzene rings is 1. The van der Waals surface area contributed by atoms with Crippen molar-refractivity contribution in [3.05, 3.63) is 23.8 Å². The zero-order chi connectivity index (χ0) is 11.4. The van der Waals surface area contributed by atoms with E-state index in [1.165, 1.54) is 6.07 Å². The molecule has 4 nitrogen and oxygen atoms in total. The van der Waals surface area contributed by atoms with Crippen molar-refractivity contribution in [3.8, 4) is 0 Å². The fraction of sp³-hybridized carbons (Fsp3) is 0.364. The van der Waals surface area contributed by atoms with Crippen molar-refractivity contribution >= 4 is 17.3 Å². The number of hydrogen-bond donors (Lipinski definition) is 2. The first-order valence-electron chi connectivity index (χ1n) is 4.97. The lowest BCUT2D eigenvalue weighted by Crippen LogP contribution is -2.23. The van der Waals surface area contributed by atoms with Gasteiger partial charge in [0.05, 0.1) is 16.9 Å². The van der Waals surface area contributed by atoms with E-state index >= 15 is 0 Å². The summed E-state index contributed by atoms with van der Waals surface area (Å²) >= 11 is 0. The third kappa shape index (κ3) is 2.40. The van der Waals surface area contributed by atoms with Gasteiger partial charge in [0, 0.05) is 13.1 Å². The molecule has 0 fully saturated rings. The summed E-state index contributed by atoms with van der Waals surface area (Å²) < 4.78 is 0. The minimum atomic E-state index is -0.927. The number of hydrogen-bond acceptors (Lipinski definition) is 3. The van der Waals surface area contributed by atoms with Gasteiger partial charge in [-0.15, -0.1) is 0 Å². The molecule has 0 radical (unpaired) electrons.